The highest BCUT2D eigenvalue weighted by Crippen LogP contribution is 2.22. The molecule has 1 atom stereocenters. The molecule has 0 radical (unpaired) electrons. The summed E-state index contributed by atoms with van der Waals surface area (Å²) in [6.07, 6.45) is 0.680. The molecule has 0 amide bonds. The fraction of sp³-hybridized carbons (Fsp3) is 0.571. The molecule has 0 saturated carbocycles. The van der Waals surface area contributed by atoms with Gasteiger partial charge in [0.2, 0.25) is 0 Å². The van der Waals surface area contributed by atoms with Crippen molar-refractivity contribution in [2.24, 2.45) is 0 Å². The summed E-state index contributed by atoms with van der Waals surface area (Å²) in [6.45, 7) is 4.34. The lowest BCUT2D eigenvalue weighted by molar-refractivity contribution is 0.383. The Kier molecular flexibility index (Phi) is 6.50. The summed E-state index contributed by atoms with van der Waals surface area (Å²) in [5.74, 6) is 1.05. The summed E-state index contributed by atoms with van der Waals surface area (Å²) in [6, 6.07) is 5.58. The van der Waals surface area contributed by atoms with Crippen LogP contribution in [-0.4, -0.2) is 31.2 Å². The van der Waals surface area contributed by atoms with Crippen LogP contribution >= 0.6 is 11.8 Å². The van der Waals surface area contributed by atoms with E-state index in [-0.39, 0.29) is 11.9 Å². The second kappa shape index (κ2) is 7.64. The van der Waals surface area contributed by atoms with Gasteiger partial charge in [-0.25, -0.2) is 4.39 Å². The molecule has 0 aliphatic rings. The molecule has 0 heterocycles. The Morgan fingerprint density at radius 2 is 2.11 bits per heavy atom. The normalized spacial score (nSPS) is 12.8. The molecule has 102 valence electrons. The Morgan fingerprint density at radius 1 is 1.39 bits per heavy atom. The Hall–Kier alpha value is -0.740. The number of thioether (sulfide) groups is 1. The average molecular weight is 271 g/mol. The number of nitrogens with one attached hydrogen (secondary N) is 1. The summed E-state index contributed by atoms with van der Waals surface area (Å²) < 4.78 is 19.0. The average Bonchev–Trinajstić information content (AvgIpc) is 2.36. The summed E-state index contributed by atoms with van der Waals surface area (Å²) in [5, 5.41) is 3.84. The molecule has 0 aromatic heterocycles. The van der Waals surface area contributed by atoms with Gasteiger partial charge in [-0.3, -0.25) is 0 Å². The van der Waals surface area contributed by atoms with Crippen LogP contribution < -0.4 is 10.1 Å². The van der Waals surface area contributed by atoms with Gasteiger partial charge in [-0.1, -0.05) is 26.0 Å². The number of hydrogen-bond donors (Lipinski definition) is 1. The van der Waals surface area contributed by atoms with Crippen LogP contribution in [0.3, 0.4) is 0 Å². The first-order valence-corrected chi connectivity index (χ1v) is 7.23. The van der Waals surface area contributed by atoms with Crippen molar-refractivity contribution in [1.82, 2.24) is 5.32 Å². The van der Waals surface area contributed by atoms with E-state index >= 15 is 0 Å². The number of ether oxygens (including phenoxy) is 1. The lowest BCUT2D eigenvalue weighted by atomic mass is 10.1. The number of halogens is 1. The van der Waals surface area contributed by atoms with E-state index in [4.69, 9.17) is 4.74 Å². The van der Waals surface area contributed by atoms with Gasteiger partial charge >= 0.3 is 0 Å². The second-order valence-electron chi connectivity index (χ2n) is 4.51. The number of rotatable bonds is 7. The lowest BCUT2D eigenvalue weighted by Crippen LogP contribution is -2.31. The second-order valence-corrected chi connectivity index (χ2v) is 6.11. The highest BCUT2D eigenvalue weighted by Gasteiger charge is 2.14. The van der Waals surface area contributed by atoms with Crippen molar-refractivity contribution in [3.05, 3.63) is 29.6 Å². The molecule has 1 aromatic carbocycles. The molecule has 2 nitrogen and oxygen atoms in total. The Balaban J connectivity index is 2.69. The van der Waals surface area contributed by atoms with Crippen molar-refractivity contribution in [2.75, 3.05) is 19.9 Å². The summed E-state index contributed by atoms with van der Waals surface area (Å²) in [7, 11) is 3.41. The molecule has 1 aromatic rings. The maximum absolute atomic E-state index is 14.0. The van der Waals surface area contributed by atoms with E-state index in [0.29, 0.717) is 23.0 Å². The molecular weight excluding hydrogens is 249 g/mol. The zero-order chi connectivity index (χ0) is 13.5. The molecule has 0 spiro atoms. The lowest BCUT2D eigenvalue weighted by Gasteiger charge is -2.18. The minimum atomic E-state index is -0.241. The van der Waals surface area contributed by atoms with Crippen molar-refractivity contribution >= 4 is 11.8 Å². The Bertz CT molecular complexity index is 371. The monoisotopic (exact) mass is 271 g/mol. The van der Waals surface area contributed by atoms with E-state index in [9.17, 15) is 4.39 Å². The van der Waals surface area contributed by atoms with E-state index in [1.165, 1.54) is 7.11 Å². The molecule has 1 N–H and O–H groups in total. The maximum Gasteiger partial charge on any atom is 0.168 e. The predicted octanol–water partition coefficient (Wildman–Crippen LogP) is 3.11. The zero-order valence-corrected chi connectivity index (χ0v) is 12.3. The number of likely N-dealkylation sites (N-methyl/N-ethyl adjacent to an activating group) is 1. The number of hydrogen-bond acceptors (Lipinski definition) is 3. The van der Waals surface area contributed by atoms with Crippen molar-refractivity contribution in [1.29, 1.82) is 0 Å². The largest absolute Gasteiger partial charge is 0.494 e. The number of benzene rings is 1. The van der Waals surface area contributed by atoms with Gasteiger partial charge in [0.25, 0.3) is 0 Å². The standard InChI is InChI=1S/C14H22FNOS/c1-10(2)18-9-12(16-3)8-11-6-5-7-13(17-4)14(11)15/h5-7,10,12,16H,8-9H2,1-4H3. The van der Waals surface area contributed by atoms with Gasteiger partial charge in [0, 0.05) is 11.8 Å². The quantitative estimate of drug-likeness (QED) is 0.823. The molecule has 1 rings (SSSR count). The van der Waals surface area contributed by atoms with Gasteiger partial charge < -0.3 is 10.1 Å². The van der Waals surface area contributed by atoms with Gasteiger partial charge in [0.15, 0.2) is 11.6 Å². The molecule has 0 saturated heterocycles. The van der Waals surface area contributed by atoms with Crippen molar-refractivity contribution in [3.8, 4) is 5.75 Å². The molecule has 18 heavy (non-hydrogen) atoms. The van der Waals surface area contributed by atoms with Gasteiger partial charge in [-0.15, -0.1) is 0 Å². The molecule has 0 aliphatic heterocycles. The summed E-state index contributed by atoms with van der Waals surface area (Å²) >= 11 is 1.88. The van der Waals surface area contributed by atoms with Crippen LogP contribution in [0.5, 0.6) is 5.75 Å². The highest BCUT2D eigenvalue weighted by atomic mass is 32.2. The van der Waals surface area contributed by atoms with E-state index in [2.05, 4.69) is 19.2 Å². The van der Waals surface area contributed by atoms with Gasteiger partial charge in [-0.05, 0) is 30.3 Å². The molecule has 1 unspecified atom stereocenters. The minimum Gasteiger partial charge on any atom is -0.494 e. The fourth-order valence-corrected chi connectivity index (χ4v) is 2.59. The first-order valence-electron chi connectivity index (χ1n) is 6.18. The van der Waals surface area contributed by atoms with Crippen LogP contribution in [0, 0.1) is 5.82 Å². The summed E-state index contributed by atoms with van der Waals surface area (Å²) in [5.41, 5.74) is 0.707. The number of methoxy groups -OCH3 is 1. The van der Waals surface area contributed by atoms with Gasteiger partial charge in [0.1, 0.15) is 0 Å². The maximum atomic E-state index is 14.0. The smallest absolute Gasteiger partial charge is 0.168 e. The molecule has 0 fully saturated rings. The van der Waals surface area contributed by atoms with Crippen LogP contribution in [0.15, 0.2) is 18.2 Å². The van der Waals surface area contributed by atoms with E-state index in [1.54, 1.807) is 6.07 Å². The topological polar surface area (TPSA) is 21.3 Å². The Labute approximate surface area is 113 Å². The minimum absolute atomic E-state index is 0.241. The van der Waals surface area contributed by atoms with Crippen LogP contribution in [0.2, 0.25) is 0 Å². The van der Waals surface area contributed by atoms with Crippen LogP contribution in [0.1, 0.15) is 19.4 Å². The van der Waals surface area contributed by atoms with E-state index in [1.807, 2.05) is 30.9 Å². The van der Waals surface area contributed by atoms with Crippen LogP contribution in [0.4, 0.5) is 4.39 Å². The zero-order valence-electron chi connectivity index (χ0n) is 11.5. The summed E-state index contributed by atoms with van der Waals surface area (Å²) in [4.78, 5) is 0. The van der Waals surface area contributed by atoms with Crippen LogP contribution in [0.25, 0.3) is 0 Å². The first-order chi connectivity index (χ1) is 8.58. The molecular formula is C14H22FNOS. The van der Waals surface area contributed by atoms with Crippen molar-refractivity contribution in [2.45, 2.75) is 31.6 Å². The van der Waals surface area contributed by atoms with Crippen molar-refractivity contribution in [3.63, 3.8) is 0 Å². The van der Waals surface area contributed by atoms with E-state index < -0.39 is 0 Å². The van der Waals surface area contributed by atoms with Gasteiger partial charge in [0.05, 0.1) is 7.11 Å². The third-order valence-electron chi connectivity index (χ3n) is 2.77. The van der Waals surface area contributed by atoms with Gasteiger partial charge in [-0.2, -0.15) is 11.8 Å². The molecule has 0 aliphatic carbocycles. The molecule has 0 bridgehead atoms. The Morgan fingerprint density at radius 3 is 2.67 bits per heavy atom. The molecule has 4 heteroatoms. The third-order valence-corrected chi connectivity index (χ3v) is 4.03. The fourth-order valence-electron chi connectivity index (χ4n) is 1.69. The highest BCUT2D eigenvalue weighted by molar-refractivity contribution is 7.99. The van der Waals surface area contributed by atoms with E-state index in [0.717, 1.165) is 5.75 Å². The van der Waals surface area contributed by atoms with Crippen molar-refractivity contribution < 1.29 is 9.13 Å². The SMILES string of the molecule is CNC(CSC(C)C)Cc1cccc(OC)c1F. The van der Waals surface area contributed by atoms with Crippen LogP contribution in [-0.2, 0) is 6.42 Å². The first kappa shape index (κ1) is 15.3. The predicted molar refractivity (Wildman–Crippen MR) is 77.1 cm³/mol. The third kappa shape index (κ3) is 4.50.